The first-order valence-electron chi connectivity index (χ1n) is 6.10. The normalized spacial score (nSPS) is 16.0. The second-order valence-electron chi connectivity index (χ2n) is 4.31. The monoisotopic (exact) mass is 240 g/mol. The van der Waals surface area contributed by atoms with E-state index in [9.17, 15) is 5.11 Å². The van der Waals surface area contributed by atoms with E-state index in [0.717, 1.165) is 29.5 Å². The average Bonchev–Trinajstić information content (AvgIpc) is 3.07. The lowest BCUT2D eigenvalue weighted by Crippen LogP contribution is -2.21. The van der Waals surface area contributed by atoms with Gasteiger partial charge in [0, 0.05) is 5.92 Å². The standard InChI is InChI=1S/C12H20N2OS/c1-3-14(4-2)7-11-13-12(9-5-6-9)10(8-15)16-11/h9,15H,3-8H2,1-2H3. The summed E-state index contributed by atoms with van der Waals surface area (Å²) in [5, 5.41) is 10.5. The van der Waals surface area contributed by atoms with E-state index in [2.05, 4.69) is 18.7 Å². The fourth-order valence-electron chi connectivity index (χ4n) is 1.91. The van der Waals surface area contributed by atoms with Crippen LogP contribution in [0.15, 0.2) is 0 Å². The van der Waals surface area contributed by atoms with Gasteiger partial charge in [0.05, 0.1) is 23.7 Å². The number of hydrogen-bond donors (Lipinski definition) is 1. The van der Waals surface area contributed by atoms with Crippen molar-refractivity contribution in [1.29, 1.82) is 0 Å². The Morgan fingerprint density at radius 3 is 2.56 bits per heavy atom. The summed E-state index contributed by atoms with van der Waals surface area (Å²) in [4.78, 5) is 8.14. The third-order valence-electron chi connectivity index (χ3n) is 3.13. The van der Waals surface area contributed by atoms with Crippen molar-refractivity contribution < 1.29 is 5.11 Å². The fourth-order valence-corrected chi connectivity index (χ4v) is 2.97. The van der Waals surface area contributed by atoms with Crippen LogP contribution in [0.4, 0.5) is 0 Å². The molecule has 0 aliphatic heterocycles. The molecule has 0 aromatic carbocycles. The average molecular weight is 240 g/mol. The second-order valence-corrected chi connectivity index (χ2v) is 5.48. The molecule has 1 aliphatic carbocycles. The minimum absolute atomic E-state index is 0.155. The summed E-state index contributed by atoms with van der Waals surface area (Å²) >= 11 is 1.68. The molecule has 0 spiro atoms. The molecule has 0 unspecified atom stereocenters. The first-order chi connectivity index (χ1) is 7.78. The molecule has 1 aliphatic rings. The molecule has 3 nitrogen and oxygen atoms in total. The summed E-state index contributed by atoms with van der Waals surface area (Å²) in [7, 11) is 0. The van der Waals surface area contributed by atoms with Crippen LogP contribution in [0, 0.1) is 0 Å². The number of aliphatic hydroxyl groups excluding tert-OH is 1. The molecule has 16 heavy (non-hydrogen) atoms. The molecule has 0 saturated heterocycles. The Kier molecular flexibility index (Phi) is 3.95. The zero-order valence-electron chi connectivity index (χ0n) is 10.1. The van der Waals surface area contributed by atoms with E-state index >= 15 is 0 Å². The zero-order chi connectivity index (χ0) is 11.5. The van der Waals surface area contributed by atoms with Gasteiger partial charge in [0.1, 0.15) is 5.01 Å². The van der Waals surface area contributed by atoms with Crippen LogP contribution in [0.2, 0.25) is 0 Å². The van der Waals surface area contributed by atoms with Crippen molar-refractivity contribution in [2.45, 2.75) is 45.8 Å². The highest BCUT2D eigenvalue weighted by atomic mass is 32.1. The molecule has 90 valence electrons. The molecule has 1 fully saturated rings. The Morgan fingerprint density at radius 2 is 2.06 bits per heavy atom. The van der Waals surface area contributed by atoms with Crippen molar-refractivity contribution in [2.75, 3.05) is 13.1 Å². The number of rotatable bonds is 6. The van der Waals surface area contributed by atoms with E-state index in [1.54, 1.807) is 11.3 Å². The van der Waals surface area contributed by atoms with E-state index in [4.69, 9.17) is 4.98 Å². The maximum Gasteiger partial charge on any atom is 0.107 e. The molecule has 4 heteroatoms. The first kappa shape index (κ1) is 12.0. The lowest BCUT2D eigenvalue weighted by Gasteiger charge is -2.15. The predicted molar refractivity (Wildman–Crippen MR) is 66.6 cm³/mol. The van der Waals surface area contributed by atoms with Crippen LogP contribution in [0.1, 0.15) is 48.2 Å². The molecule has 2 rings (SSSR count). The minimum atomic E-state index is 0.155. The minimum Gasteiger partial charge on any atom is -0.391 e. The molecule has 0 atom stereocenters. The summed E-state index contributed by atoms with van der Waals surface area (Å²) in [6.45, 7) is 7.55. The number of aromatic nitrogens is 1. The molecule has 0 bridgehead atoms. The van der Waals surface area contributed by atoms with Gasteiger partial charge in [0.25, 0.3) is 0 Å². The van der Waals surface area contributed by atoms with Crippen molar-refractivity contribution >= 4 is 11.3 Å². The van der Waals surface area contributed by atoms with Crippen LogP contribution in [0.5, 0.6) is 0 Å². The smallest absolute Gasteiger partial charge is 0.107 e. The van der Waals surface area contributed by atoms with Crippen LogP contribution < -0.4 is 0 Å². The molecule has 1 aromatic rings. The highest BCUT2D eigenvalue weighted by molar-refractivity contribution is 7.11. The van der Waals surface area contributed by atoms with Gasteiger partial charge in [-0.15, -0.1) is 11.3 Å². The van der Waals surface area contributed by atoms with Crippen molar-refractivity contribution in [2.24, 2.45) is 0 Å². The van der Waals surface area contributed by atoms with E-state index in [1.807, 2.05) is 0 Å². The van der Waals surface area contributed by atoms with E-state index in [0.29, 0.717) is 5.92 Å². The first-order valence-corrected chi connectivity index (χ1v) is 6.91. The van der Waals surface area contributed by atoms with Crippen LogP contribution >= 0.6 is 11.3 Å². The Bertz CT molecular complexity index is 343. The second kappa shape index (κ2) is 5.25. The fraction of sp³-hybridized carbons (Fsp3) is 0.750. The van der Waals surface area contributed by atoms with Crippen molar-refractivity contribution in [3.8, 4) is 0 Å². The summed E-state index contributed by atoms with van der Waals surface area (Å²) in [6, 6.07) is 0. The SMILES string of the molecule is CCN(CC)Cc1nc(C2CC2)c(CO)s1. The van der Waals surface area contributed by atoms with Crippen LogP contribution in [0.25, 0.3) is 0 Å². The van der Waals surface area contributed by atoms with Gasteiger partial charge in [-0.25, -0.2) is 4.98 Å². The van der Waals surface area contributed by atoms with Crippen LogP contribution in [-0.2, 0) is 13.2 Å². The van der Waals surface area contributed by atoms with Gasteiger partial charge in [-0.1, -0.05) is 13.8 Å². The van der Waals surface area contributed by atoms with Crippen molar-refractivity contribution in [3.63, 3.8) is 0 Å². The summed E-state index contributed by atoms with van der Waals surface area (Å²) in [6.07, 6.45) is 2.50. The lowest BCUT2D eigenvalue weighted by atomic mass is 10.2. The number of nitrogens with zero attached hydrogens (tertiary/aromatic N) is 2. The Balaban J connectivity index is 2.09. The molecule has 0 amide bonds. The van der Waals surface area contributed by atoms with Gasteiger partial charge in [0.2, 0.25) is 0 Å². The van der Waals surface area contributed by atoms with Gasteiger partial charge >= 0.3 is 0 Å². The van der Waals surface area contributed by atoms with Gasteiger partial charge in [-0.05, 0) is 25.9 Å². The molecule has 1 heterocycles. The number of aliphatic hydroxyl groups is 1. The molecule has 1 saturated carbocycles. The van der Waals surface area contributed by atoms with E-state index < -0.39 is 0 Å². The third-order valence-corrected chi connectivity index (χ3v) is 4.17. The lowest BCUT2D eigenvalue weighted by molar-refractivity contribution is 0.284. The molecule has 1 aromatic heterocycles. The summed E-state index contributed by atoms with van der Waals surface area (Å²) < 4.78 is 0. The Hall–Kier alpha value is -0.450. The largest absolute Gasteiger partial charge is 0.391 e. The third kappa shape index (κ3) is 2.62. The molecule has 0 radical (unpaired) electrons. The Labute approximate surface area is 101 Å². The predicted octanol–water partition coefficient (Wildman–Crippen LogP) is 2.35. The van der Waals surface area contributed by atoms with Gasteiger partial charge < -0.3 is 5.11 Å². The molecule has 1 N–H and O–H groups in total. The molecular formula is C12H20N2OS. The number of thiazole rings is 1. The topological polar surface area (TPSA) is 36.4 Å². The summed E-state index contributed by atoms with van der Waals surface area (Å²) in [5.74, 6) is 0.642. The van der Waals surface area contributed by atoms with Crippen LogP contribution in [0.3, 0.4) is 0 Å². The van der Waals surface area contributed by atoms with Crippen molar-refractivity contribution in [3.05, 3.63) is 15.6 Å². The highest BCUT2D eigenvalue weighted by Crippen LogP contribution is 2.42. The number of hydrogen-bond acceptors (Lipinski definition) is 4. The van der Waals surface area contributed by atoms with Crippen LogP contribution in [-0.4, -0.2) is 28.1 Å². The van der Waals surface area contributed by atoms with Gasteiger partial charge in [-0.3, -0.25) is 4.90 Å². The maximum atomic E-state index is 9.31. The highest BCUT2D eigenvalue weighted by Gasteiger charge is 2.29. The van der Waals surface area contributed by atoms with E-state index in [-0.39, 0.29) is 6.61 Å². The quantitative estimate of drug-likeness (QED) is 0.829. The summed E-state index contributed by atoms with van der Waals surface area (Å²) in [5.41, 5.74) is 1.18. The molecular weight excluding hydrogens is 220 g/mol. The maximum absolute atomic E-state index is 9.31. The zero-order valence-corrected chi connectivity index (χ0v) is 10.9. The van der Waals surface area contributed by atoms with Gasteiger partial charge in [-0.2, -0.15) is 0 Å². The van der Waals surface area contributed by atoms with Crippen molar-refractivity contribution in [1.82, 2.24) is 9.88 Å². The van der Waals surface area contributed by atoms with E-state index in [1.165, 1.54) is 18.5 Å². The Morgan fingerprint density at radius 1 is 1.38 bits per heavy atom. The van der Waals surface area contributed by atoms with Gasteiger partial charge in [0.15, 0.2) is 0 Å².